The third-order valence-electron chi connectivity index (χ3n) is 2.38. The molecule has 6 heteroatoms. The van der Waals surface area contributed by atoms with Gasteiger partial charge in [-0.05, 0) is 17.7 Å². The highest BCUT2D eigenvalue weighted by Crippen LogP contribution is 2.27. The molecule has 2 aromatic rings. The van der Waals surface area contributed by atoms with Crippen molar-refractivity contribution in [3.8, 4) is 5.75 Å². The molecular formula is C13H13NO3S2. The Morgan fingerprint density at radius 1 is 1.42 bits per heavy atom. The fourth-order valence-electron chi connectivity index (χ4n) is 1.46. The van der Waals surface area contributed by atoms with Gasteiger partial charge in [-0.2, -0.15) is 0 Å². The van der Waals surface area contributed by atoms with Crippen LogP contribution in [0.2, 0.25) is 0 Å². The lowest BCUT2D eigenvalue weighted by Gasteiger charge is -2.01. The summed E-state index contributed by atoms with van der Waals surface area (Å²) in [6, 6.07) is 7.87. The van der Waals surface area contributed by atoms with Crippen LogP contribution >= 0.6 is 23.1 Å². The van der Waals surface area contributed by atoms with Crippen molar-refractivity contribution in [2.24, 2.45) is 0 Å². The second-order valence-electron chi connectivity index (χ2n) is 3.81. The van der Waals surface area contributed by atoms with E-state index < -0.39 is 5.97 Å². The van der Waals surface area contributed by atoms with Crippen LogP contribution in [0.1, 0.15) is 11.3 Å². The average molecular weight is 295 g/mol. The molecule has 0 atom stereocenters. The molecule has 1 N–H and O–H groups in total. The van der Waals surface area contributed by atoms with E-state index in [1.54, 1.807) is 24.3 Å². The van der Waals surface area contributed by atoms with Crippen LogP contribution in [0.4, 0.5) is 0 Å². The van der Waals surface area contributed by atoms with Crippen molar-refractivity contribution in [3.63, 3.8) is 0 Å². The lowest BCUT2D eigenvalue weighted by Crippen LogP contribution is -1.99. The maximum Gasteiger partial charge on any atom is 0.309 e. The van der Waals surface area contributed by atoms with Gasteiger partial charge in [-0.1, -0.05) is 23.9 Å². The van der Waals surface area contributed by atoms with E-state index in [9.17, 15) is 4.79 Å². The number of thioether (sulfide) groups is 1. The van der Waals surface area contributed by atoms with E-state index in [4.69, 9.17) is 9.84 Å². The zero-order valence-corrected chi connectivity index (χ0v) is 12.0. The van der Waals surface area contributed by atoms with Crippen molar-refractivity contribution >= 4 is 29.1 Å². The first-order valence-corrected chi connectivity index (χ1v) is 7.46. The molecule has 19 heavy (non-hydrogen) atoms. The van der Waals surface area contributed by atoms with Crippen LogP contribution in [0.5, 0.6) is 5.75 Å². The summed E-state index contributed by atoms with van der Waals surface area (Å²) in [4.78, 5) is 14.8. The van der Waals surface area contributed by atoms with Gasteiger partial charge < -0.3 is 9.84 Å². The molecule has 1 heterocycles. The first kappa shape index (κ1) is 13.9. The summed E-state index contributed by atoms with van der Waals surface area (Å²) < 4.78 is 5.99. The molecule has 0 amide bonds. The van der Waals surface area contributed by atoms with Gasteiger partial charge in [-0.3, -0.25) is 4.79 Å². The largest absolute Gasteiger partial charge is 0.497 e. The number of carbonyl (C=O) groups is 1. The van der Waals surface area contributed by atoms with Crippen molar-refractivity contribution in [2.75, 3.05) is 7.11 Å². The molecule has 0 spiro atoms. The predicted molar refractivity (Wildman–Crippen MR) is 76.0 cm³/mol. The monoisotopic (exact) mass is 295 g/mol. The summed E-state index contributed by atoms with van der Waals surface area (Å²) in [7, 11) is 1.64. The third-order valence-corrected chi connectivity index (χ3v) is 4.53. The highest BCUT2D eigenvalue weighted by Gasteiger charge is 2.06. The number of hydrogen-bond donors (Lipinski definition) is 1. The highest BCUT2D eigenvalue weighted by molar-refractivity contribution is 8.00. The molecule has 0 fully saturated rings. The zero-order chi connectivity index (χ0) is 13.7. The van der Waals surface area contributed by atoms with Gasteiger partial charge >= 0.3 is 5.97 Å². The summed E-state index contributed by atoms with van der Waals surface area (Å²) in [5.41, 5.74) is 1.80. The summed E-state index contributed by atoms with van der Waals surface area (Å²) in [5, 5.41) is 10.5. The number of methoxy groups -OCH3 is 1. The van der Waals surface area contributed by atoms with Crippen molar-refractivity contribution in [2.45, 2.75) is 16.5 Å². The number of aliphatic carboxylic acids is 1. The number of benzene rings is 1. The molecule has 0 saturated heterocycles. The second kappa shape index (κ2) is 6.58. The van der Waals surface area contributed by atoms with E-state index in [1.165, 1.54) is 16.9 Å². The minimum absolute atomic E-state index is 0.0143. The minimum atomic E-state index is -0.850. The number of ether oxygens (including phenoxy) is 1. The molecular weight excluding hydrogens is 282 g/mol. The molecule has 0 aliphatic heterocycles. The Labute approximate surface area is 119 Å². The molecule has 1 aromatic heterocycles. The van der Waals surface area contributed by atoms with Crippen LogP contribution in [-0.4, -0.2) is 23.2 Å². The molecule has 0 bridgehead atoms. The molecule has 0 aliphatic carbocycles. The van der Waals surface area contributed by atoms with Gasteiger partial charge in [0.05, 0.1) is 19.2 Å². The number of carboxylic acid groups (broad SMARTS) is 1. The summed E-state index contributed by atoms with van der Waals surface area (Å²) in [6.07, 6.45) is -0.0143. The second-order valence-corrected chi connectivity index (χ2v) is 5.89. The number of aromatic nitrogens is 1. The van der Waals surface area contributed by atoms with Gasteiger partial charge in [0.1, 0.15) is 10.1 Å². The number of rotatable bonds is 6. The molecule has 0 unspecified atom stereocenters. The number of hydrogen-bond acceptors (Lipinski definition) is 5. The SMILES string of the molecule is COc1ccc(CSc2nc(CC(=O)O)cs2)cc1. The topological polar surface area (TPSA) is 59.4 Å². The van der Waals surface area contributed by atoms with Crippen molar-refractivity contribution in [3.05, 3.63) is 40.9 Å². The number of nitrogens with zero attached hydrogens (tertiary/aromatic N) is 1. The lowest BCUT2D eigenvalue weighted by atomic mass is 10.2. The summed E-state index contributed by atoms with van der Waals surface area (Å²) in [5.74, 6) is 0.799. The van der Waals surface area contributed by atoms with Crippen LogP contribution in [0, 0.1) is 0 Å². The summed E-state index contributed by atoms with van der Waals surface area (Å²) >= 11 is 3.09. The van der Waals surface area contributed by atoms with Gasteiger partial charge in [0.15, 0.2) is 0 Å². The smallest absolute Gasteiger partial charge is 0.309 e. The van der Waals surface area contributed by atoms with Crippen molar-refractivity contribution in [1.82, 2.24) is 4.98 Å². The van der Waals surface area contributed by atoms with E-state index in [0.717, 1.165) is 15.8 Å². The fourth-order valence-corrected chi connectivity index (χ4v) is 3.26. The zero-order valence-electron chi connectivity index (χ0n) is 10.3. The first-order chi connectivity index (χ1) is 9.17. The van der Waals surface area contributed by atoms with Gasteiger partial charge in [0.2, 0.25) is 0 Å². The molecule has 2 rings (SSSR count). The van der Waals surface area contributed by atoms with Gasteiger partial charge in [0.25, 0.3) is 0 Å². The normalized spacial score (nSPS) is 10.4. The molecule has 1 aromatic carbocycles. The van der Waals surface area contributed by atoms with Crippen LogP contribution < -0.4 is 4.74 Å². The predicted octanol–water partition coefficient (Wildman–Crippen LogP) is 3.07. The Kier molecular flexibility index (Phi) is 4.81. The quantitative estimate of drug-likeness (QED) is 0.830. The van der Waals surface area contributed by atoms with Crippen molar-refractivity contribution < 1.29 is 14.6 Å². The number of thiazole rings is 1. The van der Waals surface area contributed by atoms with Gasteiger partial charge in [-0.25, -0.2) is 4.98 Å². The van der Waals surface area contributed by atoms with E-state index in [0.29, 0.717) is 5.69 Å². The Hall–Kier alpha value is -1.53. The fraction of sp³-hybridized carbons (Fsp3) is 0.231. The standard InChI is InChI=1S/C13H13NO3S2/c1-17-11-4-2-9(3-5-11)7-18-13-14-10(8-19-13)6-12(15)16/h2-5,8H,6-7H2,1H3,(H,15,16). The summed E-state index contributed by atoms with van der Waals surface area (Å²) in [6.45, 7) is 0. The molecule has 0 radical (unpaired) electrons. The number of carboxylic acids is 1. The van der Waals surface area contributed by atoms with Crippen molar-refractivity contribution in [1.29, 1.82) is 0 Å². The Bertz CT molecular complexity index is 551. The Balaban J connectivity index is 1.90. The maximum atomic E-state index is 10.6. The van der Waals surface area contributed by atoms with E-state index in [2.05, 4.69) is 4.98 Å². The van der Waals surface area contributed by atoms with E-state index in [-0.39, 0.29) is 6.42 Å². The maximum absolute atomic E-state index is 10.6. The van der Waals surface area contributed by atoms with Crippen LogP contribution in [-0.2, 0) is 17.0 Å². The van der Waals surface area contributed by atoms with E-state index >= 15 is 0 Å². The van der Waals surface area contributed by atoms with Crippen LogP contribution in [0.15, 0.2) is 34.0 Å². The van der Waals surface area contributed by atoms with Crippen LogP contribution in [0.3, 0.4) is 0 Å². The van der Waals surface area contributed by atoms with Crippen LogP contribution in [0.25, 0.3) is 0 Å². The molecule has 100 valence electrons. The molecule has 0 saturated carbocycles. The lowest BCUT2D eigenvalue weighted by molar-refractivity contribution is -0.136. The Morgan fingerprint density at radius 3 is 2.79 bits per heavy atom. The average Bonchev–Trinajstić information content (AvgIpc) is 2.84. The molecule has 4 nitrogen and oxygen atoms in total. The first-order valence-electron chi connectivity index (χ1n) is 5.59. The minimum Gasteiger partial charge on any atom is -0.497 e. The van der Waals surface area contributed by atoms with E-state index in [1.807, 2.05) is 24.3 Å². The third kappa shape index (κ3) is 4.25. The highest BCUT2D eigenvalue weighted by atomic mass is 32.2. The van der Waals surface area contributed by atoms with Gasteiger partial charge in [-0.15, -0.1) is 11.3 Å². The Morgan fingerprint density at radius 2 is 2.16 bits per heavy atom. The van der Waals surface area contributed by atoms with Gasteiger partial charge in [0, 0.05) is 11.1 Å². The molecule has 0 aliphatic rings.